The van der Waals surface area contributed by atoms with E-state index in [1.54, 1.807) is 0 Å². The first-order valence-electron chi connectivity index (χ1n) is 7.33. The summed E-state index contributed by atoms with van der Waals surface area (Å²) in [7, 11) is 0. The molecule has 0 radical (unpaired) electrons. The zero-order valence-electron chi connectivity index (χ0n) is 12.0. The SMILES string of the molecule is N#Cc1cccc(CN(Cc2ccccc2N)C2CC2)c1. The van der Waals surface area contributed by atoms with Gasteiger partial charge in [0.05, 0.1) is 11.6 Å². The van der Waals surface area contributed by atoms with Gasteiger partial charge in [0.25, 0.3) is 0 Å². The number of benzene rings is 2. The summed E-state index contributed by atoms with van der Waals surface area (Å²) in [6.45, 7) is 1.74. The number of hydrogen-bond donors (Lipinski definition) is 1. The van der Waals surface area contributed by atoms with Crippen LogP contribution in [0.1, 0.15) is 29.5 Å². The lowest BCUT2D eigenvalue weighted by atomic mass is 10.1. The van der Waals surface area contributed by atoms with Crippen molar-refractivity contribution in [3.8, 4) is 6.07 Å². The van der Waals surface area contributed by atoms with E-state index in [0.717, 1.165) is 24.3 Å². The average Bonchev–Trinajstić information content (AvgIpc) is 3.34. The molecule has 0 spiro atoms. The van der Waals surface area contributed by atoms with Crippen LogP contribution in [0.25, 0.3) is 0 Å². The van der Waals surface area contributed by atoms with Crippen molar-refractivity contribution in [3.63, 3.8) is 0 Å². The summed E-state index contributed by atoms with van der Waals surface area (Å²) in [5, 5.41) is 9.01. The van der Waals surface area contributed by atoms with Gasteiger partial charge in [-0.05, 0) is 42.2 Å². The van der Waals surface area contributed by atoms with E-state index >= 15 is 0 Å². The number of rotatable bonds is 5. The molecule has 3 heteroatoms. The molecule has 3 rings (SSSR count). The molecule has 3 nitrogen and oxygen atoms in total. The fourth-order valence-electron chi connectivity index (χ4n) is 2.62. The highest BCUT2D eigenvalue weighted by Gasteiger charge is 2.29. The molecule has 0 unspecified atom stereocenters. The fourth-order valence-corrected chi connectivity index (χ4v) is 2.62. The Bertz CT molecular complexity index is 668. The van der Waals surface area contributed by atoms with E-state index < -0.39 is 0 Å². The second kappa shape index (κ2) is 5.99. The number of nitriles is 1. The highest BCUT2D eigenvalue weighted by Crippen LogP contribution is 2.30. The summed E-state index contributed by atoms with van der Waals surface area (Å²) >= 11 is 0. The monoisotopic (exact) mass is 277 g/mol. The maximum atomic E-state index is 9.01. The zero-order valence-corrected chi connectivity index (χ0v) is 12.0. The quantitative estimate of drug-likeness (QED) is 0.853. The number of anilines is 1. The minimum atomic E-state index is 0.648. The van der Waals surface area contributed by atoms with Crippen molar-refractivity contribution >= 4 is 5.69 Å². The van der Waals surface area contributed by atoms with Gasteiger partial charge >= 0.3 is 0 Å². The van der Waals surface area contributed by atoms with E-state index in [-0.39, 0.29) is 0 Å². The Labute approximate surface area is 125 Å². The van der Waals surface area contributed by atoms with Crippen LogP contribution in [0.2, 0.25) is 0 Å². The third-order valence-corrected chi connectivity index (χ3v) is 3.93. The lowest BCUT2D eigenvalue weighted by molar-refractivity contribution is 0.246. The molecule has 0 aromatic heterocycles. The number of nitrogens with zero attached hydrogens (tertiary/aromatic N) is 2. The Hall–Kier alpha value is -2.31. The van der Waals surface area contributed by atoms with Crippen LogP contribution >= 0.6 is 0 Å². The third kappa shape index (κ3) is 3.42. The molecule has 2 aromatic carbocycles. The first kappa shape index (κ1) is 13.7. The molecule has 0 atom stereocenters. The Balaban J connectivity index is 1.76. The van der Waals surface area contributed by atoms with Crippen molar-refractivity contribution < 1.29 is 0 Å². The summed E-state index contributed by atoms with van der Waals surface area (Å²) in [5.41, 5.74) is 10.0. The van der Waals surface area contributed by atoms with E-state index in [1.165, 1.54) is 24.0 Å². The molecule has 2 N–H and O–H groups in total. The van der Waals surface area contributed by atoms with E-state index in [1.807, 2.05) is 36.4 Å². The number of nitrogens with two attached hydrogens (primary N) is 1. The first-order chi connectivity index (χ1) is 10.3. The van der Waals surface area contributed by atoms with Gasteiger partial charge in [0.2, 0.25) is 0 Å². The average molecular weight is 277 g/mol. The van der Waals surface area contributed by atoms with E-state index in [0.29, 0.717) is 6.04 Å². The second-order valence-electron chi connectivity index (χ2n) is 5.65. The first-order valence-corrected chi connectivity index (χ1v) is 7.33. The zero-order chi connectivity index (χ0) is 14.7. The normalized spacial score (nSPS) is 14.1. The molecule has 21 heavy (non-hydrogen) atoms. The van der Waals surface area contributed by atoms with Gasteiger partial charge in [0, 0.05) is 24.8 Å². The highest BCUT2D eigenvalue weighted by molar-refractivity contribution is 5.46. The largest absolute Gasteiger partial charge is 0.398 e. The molecular weight excluding hydrogens is 258 g/mol. The summed E-state index contributed by atoms with van der Waals surface area (Å²) < 4.78 is 0. The molecule has 0 bridgehead atoms. The van der Waals surface area contributed by atoms with Crippen LogP contribution in [0.15, 0.2) is 48.5 Å². The topological polar surface area (TPSA) is 53.0 Å². The Morgan fingerprint density at radius 2 is 1.90 bits per heavy atom. The molecule has 1 fully saturated rings. The molecule has 1 aliphatic rings. The Morgan fingerprint density at radius 3 is 2.62 bits per heavy atom. The molecule has 1 aliphatic carbocycles. The van der Waals surface area contributed by atoms with Gasteiger partial charge in [-0.15, -0.1) is 0 Å². The third-order valence-electron chi connectivity index (χ3n) is 3.93. The van der Waals surface area contributed by atoms with E-state index in [2.05, 4.69) is 23.1 Å². The standard InChI is InChI=1S/C18H19N3/c19-11-14-4-3-5-15(10-14)12-21(17-8-9-17)13-16-6-1-2-7-18(16)20/h1-7,10,17H,8-9,12-13,20H2. The minimum Gasteiger partial charge on any atom is -0.398 e. The van der Waals surface area contributed by atoms with Crippen LogP contribution in [-0.2, 0) is 13.1 Å². The minimum absolute atomic E-state index is 0.648. The van der Waals surface area contributed by atoms with Crippen LogP contribution in [0.4, 0.5) is 5.69 Å². The molecule has 106 valence electrons. The van der Waals surface area contributed by atoms with Crippen molar-refractivity contribution in [3.05, 3.63) is 65.2 Å². The van der Waals surface area contributed by atoms with Gasteiger partial charge in [-0.2, -0.15) is 5.26 Å². The Kier molecular flexibility index (Phi) is 3.89. The molecule has 0 amide bonds. The predicted octanol–water partition coefficient (Wildman–Crippen LogP) is 3.31. The van der Waals surface area contributed by atoms with Gasteiger partial charge in [-0.25, -0.2) is 0 Å². The van der Waals surface area contributed by atoms with Crippen molar-refractivity contribution in [2.45, 2.75) is 32.0 Å². The molecule has 2 aromatic rings. The summed E-state index contributed by atoms with van der Waals surface area (Å²) in [6.07, 6.45) is 2.51. The van der Waals surface area contributed by atoms with Crippen LogP contribution in [-0.4, -0.2) is 10.9 Å². The van der Waals surface area contributed by atoms with Gasteiger partial charge in [-0.3, -0.25) is 4.90 Å². The molecule has 0 heterocycles. The number of nitrogen functional groups attached to an aromatic ring is 1. The smallest absolute Gasteiger partial charge is 0.0991 e. The summed E-state index contributed by atoms with van der Waals surface area (Å²) in [6, 6.07) is 18.8. The van der Waals surface area contributed by atoms with Crippen molar-refractivity contribution in [2.24, 2.45) is 0 Å². The van der Waals surface area contributed by atoms with Crippen LogP contribution in [0, 0.1) is 11.3 Å². The molecular formula is C18H19N3. The van der Waals surface area contributed by atoms with Crippen LogP contribution in [0.3, 0.4) is 0 Å². The molecule has 1 saturated carbocycles. The molecule has 0 saturated heterocycles. The van der Waals surface area contributed by atoms with Gasteiger partial charge in [0.15, 0.2) is 0 Å². The van der Waals surface area contributed by atoms with E-state index in [4.69, 9.17) is 11.0 Å². The van der Waals surface area contributed by atoms with Crippen molar-refractivity contribution in [1.29, 1.82) is 5.26 Å². The maximum Gasteiger partial charge on any atom is 0.0991 e. The maximum absolute atomic E-state index is 9.01. The van der Waals surface area contributed by atoms with Crippen LogP contribution in [0.5, 0.6) is 0 Å². The lowest BCUT2D eigenvalue weighted by Crippen LogP contribution is -2.25. The lowest BCUT2D eigenvalue weighted by Gasteiger charge is -2.23. The predicted molar refractivity (Wildman–Crippen MR) is 84.3 cm³/mol. The fraction of sp³-hybridized carbons (Fsp3) is 0.278. The van der Waals surface area contributed by atoms with Gasteiger partial charge in [-0.1, -0.05) is 30.3 Å². The number of hydrogen-bond acceptors (Lipinski definition) is 3. The highest BCUT2D eigenvalue weighted by atomic mass is 15.2. The summed E-state index contributed by atoms with van der Waals surface area (Å²) in [5.74, 6) is 0. The van der Waals surface area contributed by atoms with Crippen LogP contribution < -0.4 is 5.73 Å². The van der Waals surface area contributed by atoms with Crippen molar-refractivity contribution in [1.82, 2.24) is 4.90 Å². The second-order valence-corrected chi connectivity index (χ2v) is 5.65. The summed E-state index contributed by atoms with van der Waals surface area (Å²) in [4.78, 5) is 2.46. The number of para-hydroxylation sites is 1. The van der Waals surface area contributed by atoms with Gasteiger partial charge in [0.1, 0.15) is 0 Å². The van der Waals surface area contributed by atoms with E-state index in [9.17, 15) is 0 Å². The van der Waals surface area contributed by atoms with Gasteiger partial charge < -0.3 is 5.73 Å². The molecule has 0 aliphatic heterocycles. The van der Waals surface area contributed by atoms with Crippen molar-refractivity contribution in [2.75, 3.05) is 5.73 Å². The Morgan fingerprint density at radius 1 is 1.10 bits per heavy atom.